The van der Waals surface area contributed by atoms with E-state index in [0.29, 0.717) is 22.7 Å². The summed E-state index contributed by atoms with van der Waals surface area (Å²) in [4.78, 5) is 12.3. The summed E-state index contributed by atoms with van der Waals surface area (Å²) in [6.45, 7) is 0. The van der Waals surface area contributed by atoms with Crippen LogP contribution in [-0.2, 0) is 4.79 Å². The number of ether oxygens (including phenoxy) is 2. The predicted octanol–water partition coefficient (Wildman–Crippen LogP) is 4.62. The second-order valence-corrected chi connectivity index (χ2v) is 6.95. The first-order chi connectivity index (χ1) is 12.0. The molecule has 2 aromatic rings. The van der Waals surface area contributed by atoms with Crippen LogP contribution in [0, 0.1) is 14.9 Å². The van der Waals surface area contributed by atoms with E-state index in [4.69, 9.17) is 9.47 Å². The maximum absolute atomic E-state index is 12.3. The number of methoxy groups -OCH3 is 2. The fourth-order valence-corrected chi connectivity index (χ4v) is 3.35. The maximum Gasteiger partial charge on any atom is 0.266 e. The van der Waals surface area contributed by atoms with Crippen molar-refractivity contribution >= 4 is 56.2 Å². The van der Waals surface area contributed by atoms with Gasteiger partial charge in [0.15, 0.2) is 11.5 Å². The normalized spacial score (nSPS) is 10.8. The van der Waals surface area contributed by atoms with Crippen molar-refractivity contribution in [2.45, 2.75) is 0 Å². The monoisotopic (exact) mass is 512 g/mol. The lowest BCUT2D eigenvalue weighted by Gasteiger charge is -2.11. The summed E-state index contributed by atoms with van der Waals surface area (Å²) in [7, 11) is 3.09. The molecule has 2 rings (SSSR count). The highest BCUT2D eigenvalue weighted by atomic mass is 127. The topological polar surface area (TPSA) is 71.3 Å². The van der Waals surface area contributed by atoms with Crippen molar-refractivity contribution < 1.29 is 14.3 Å². The molecule has 0 bridgehead atoms. The Bertz CT molecular complexity index is 875. The second kappa shape index (κ2) is 8.87. The first kappa shape index (κ1) is 19.3. The Balaban J connectivity index is 2.32. The van der Waals surface area contributed by atoms with Crippen LogP contribution in [0.25, 0.3) is 6.08 Å². The van der Waals surface area contributed by atoms with Gasteiger partial charge in [0.05, 0.1) is 17.8 Å². The van der Waals surface area contributed by atoms with Crippen LogP contribution in [0.5, 0.6) is 11.5 Å². The number of amides is 1. The molecule has 0 spiro atoms. The Morgan fingerprint density at radius 2 is 2.04 bits per heavy atom. The molecule has 0 heterocycles. The summed E-state index contributed by atoms with van der Waals surface area (Å²) in [6, 6.07) is 12.6. The van der Waals surface area contributed by atoms with Crippen LogP contribution in [-0.4, -0.2) is 20.1 Å². The number of halogens is 2. The van der Waals surface area contributed by atoms with E-state index in [0.717, 1.165) is 8.04 Å². The highest BCUT2D eigenvalue weighted by Crippen LogP contribution is 2.34. The van der Waals surface area contributed by atoms with Crippen molar-refractivity contribution in [3.8, 4) is 17.6 Å². The van der Waals surface area contributed by atoms with Gasteiger partial charge in [-0.3, -0.25) is 4.79 Å². The minimum atomic E-state index is -0.481. The Morgan fingerprint density at radius 1 is 1.28 bits per heavy atom. The summed E-state index contributed by atoms with van der Waals surface area (Å²) < 4.78 is 12.2. The minimum absolute atomic E-state index is 0.0111. The summed E-state index contributed by atoms with van der Waals surface area (Å²) in [6.07, 6.45) is 1.51. The number of hydrogen-bond donors (Lipinski definition) is 1. The summed E-state index contributed by atoms with van der Waals surface area (Å²) in [5.74, 6) is 0.660. The van der Waals surface area contributed by atoms with Gasteiger partial charge in [0.25, 0.3) is 5.91 Å². The SMILES string of the molecule is COc1cc(/C=C(/C#N)C(=O)Nc2cccc(Br)c2)cc(I)c1OC. The maximum atomic E-state index is 12.3. The lowest BCUT2D eigenvalue weighted by molar-refractivity contribution is -0.112. The van der Waals surface area contributed by atoms with E-state index in [1.165, 1.54) is 13.2 Å². The van der Waals surface area contributed by atoms with E-state index >= 15 is 0 Å². The fourth-order valence-electron chi connectivity index (χ4n) is 2.10. The molecule has 25 heavy (non-hydrogen) atoms. The molecule has 7 heteroatoms. The molecule has 0 saturated heterocycles. The molecule has 1 N–H and O–H groups in total. The molecule has 128 valence electrons. The predicted molar refractivity (Wildman–Crippen MR) is 109 cm³/mol. The zero-order chi connectivity index (χ0) is 18.4. The summed E-state index contributed by atoms with van der Waals surface area (Å²) in [5.41, 5.74) is 1.26. The van der Waals surface area contributed by atoms with Crippen molar-refractivity contribution in [3.63, 3.8) is 0 Å². The van der Waals surface area contributed by atoms with Crippen LogP contribution in [0.15, 0.2) is 46.4 Å². The van der Waals surface area contributed by atoms with E-state index in [-0.39, 0.29) is 5.57 Å². The van der Waals surface area contributed by atoms with Crippen LogP contribution >= 0.6 is 38.5 Å². The van der Waals surface area contributed by atoms with Gasteiger partial charge in [-0.05, 0) is 64.6 Å². The van der Waals surface area contributed by atoms with Gasteiger partial charge in [-0.25, -0.2) is 0 Å². The number of carbonyl (C=O) groups excluding carboxylic acids is 1. The van der Waals surface area contributed by atoms with E-state index < -0.39 is 5.91 Å². The van der Waals surface area contributed by atoms with Gasteiger partial charge in [0, 0.05) is 10.2 Å². The number of hydrogen-bond acceptors (Lipinski definition) is 4. The smallest absolute Gasteiger partial charge is 0.266 e. The highest BCUT2D eigenvalue weighted by Gasteiger charge is 2.13. The van der Waals surface area contributed by atoms with Crippen molar-refractivity contribution in [3.05, 3.63) is 55.6 Å². The van der Waals surface area contributed by atoms with Gasteiger partial charge in [-0.1, -0.05) is 22.0 Å². The molecular formula is C18H14BrIN2O3. The third-order valence-corrected chi connectivity index (χ3v) is 4.51. The van der Waals surface area contributed by atoms with E-state index in [9.17, 15) is 10.1 Å². The molecular weight excluding hydrogens is 499 g/mol. The van der Waals surface area contributed by atoms with Gasteiger partial charge in [-0.2, -0.15) is 5.26 Å². The molecule has 0 unspecified atom stereocenters. The van der Waals surface area contributed by atoms with Crippen LogP contribution in [0.1, 0.15) is 5.56 Å². The zero-order valence-corrected chi connectivity index (χ0v) is 17.2. The van der Waals surface area contributed by atoms with Crippen molar-refractivity contribution in [1.29, 1.82) is 5.26 Å². The largest absolute Gasteiger partial charge is 0.493 e. The second-order valence-electron chi connectivity index (χ2n) is 4.87. The van der Waals surface area contributed by atoms with Crippen molar-refractivity contribution in [1.82, 2.24) is 0 Å². The lowest BCUT2D eigenvalue weighted by Crippen LogP contribution is -2.13. The van der Waals surface area contributed by atoms with Gasteiger partial charge in [-0.15, -0.1) is 0 Å². The summed E-state index contributed by atoms with van der Waals surface area (Å²) in [5, 5.41) is 12.0. The zero-order valence-electron chi connectivity index (χ0n) is 13.5. The number of benzene rings is 2. The lowest BCUT2D eigenvalue weighted by atomic mass is 10.1. The molecule has 0 saturated carbocycles. The van der Waals surface area contributed by atoms with Crippen LogP contribution in [0.2, 0.25) is 0 Å². The number of rotatable bonds is 5. The van der Waals surface area contributed by atoms with E-state index in [1.54, 1.807) is 31.4 Å². The molecule has 2 aromatic carbocycles. The first-order valence-corrected chi connectivity index (χ1v) is 8.96. The average Bonchev–Trinajstić information content (AvgIpc) is 2.58. The molecule has 0 fully saturated rings. The molecule has 1 amide bonds. The Hall–Kier alpha value is -2.05. The third kappa shape index (κ3) is 4.96. The van der Waals surface area contributed by atoms with Gasteiger partial charge in [0.2, 0.25) is 0 Å². The molecule has 5 nitrogen and oxygen atoms in total. The van der Waals surface area contributed by atoms with Gasteiger partial charge in [0.1, 0.15) is 11.6 Å². The average molecular weight is 513 g/mol. The minimum Gasteiger partial charge on any atom is -0.493 e. The third-order valence-electron chi connectivity index (χ3n) is 3.21. The molecule has 0 atom stereocenters. The molecule has 0 aliphatic rings. The molecule has 0 aliphatic heterocycles. The van der Waals surface area contributed by atoms with Crippen molar-refractivity contribution in [2.24, 2.45) is 0 Å². The van der Waals surface area contributed by atoms with E-state index in [1.807, 2.05) is 18.2 Å². The summed E-state index contributed by atoms with van der Waals surface area (Å²) >= 11 is 5.45. The Kier molecular flexibility index (Phi) is 6.84. The van der Waals surface area contributed by atoms with Crippen LogP contribution < -0.4 is 14.8 Å². The molecule has 0 radical (unpaired) electrons. The fraction of sp³-hybridized carbons (Fsp3) is 0.111. The number of nitriles is 1. The molecule has 0 aromatic heterocycles. The number of nitrogens with zero attached hydrogens (tertiary/aromatic N) is 1. The quantitative estimate of drug-likeness (QED) is 0.360. The number of anilines is 1. The van der Waals surface area contributed by atoms with Crippen LogP contribution in [0.4, 0.5) is 5.69 Å². The number of nitrogens with one attached hydrogen (secondary N) is 1. The standard InChI is InChI=1S/C18H14BrIN2O3/c1-24-16-8-11(7-15(20)17(16)25-2)6-12(10-21)18(23)22-14-5-3-4-13(19)9-14/h3-9H,1-2H3,(H,22,23)/b12-6-. The first-order valence-electron chi connectivity index (χ1n) is 7.08. The Labute approximate surface area is 167 Å². The number of carbonyl (C=O) groups is 1. The van der Waals surface area contributed by atoms with Gasteiger partial charge >= 0.3 is 0 Å². The van der Waals surface area contributed by atoms with Crippen molar-refractivity contribution in [2.75, 3.05) is 19.5 Å². The van der Waals surface area contributed by atoms with Gasteiger partial charge < -0.3 is 14.8 Å². The highest BCUT2D eigenvalue weighted by molar-refractivity contribution is 14.1. The van der Waals surface area contributed by atoms with E-state index in [2.05, 4.69) is 43.8 Å². The Morgan fingerprint density at radius 3 is 2.64 bits per heavy atom. The molecule has 0 aliphatic carbocycles. The van der Waals surface area contributed by atoms with Crippen LogP contribution in [0.3, 0.4) is 0 Å².